The summed E-state index contributed by atoms with van der Waals surface area (Å²) in [7, 11) is 0. The topological polar surface area (TPSA) is 34.9 Å². The fourth-order valence-corrected chi connectivity index (χ4v) is 1.60. The average Bonchev–Trinajstić information content (AvgIpc) is 2.83. The van der Waals surface area contributed by atoms with Gasteiger partial charge >= 0.3 is 0 Å². The molecule has 18 heavy (non-hydrogen) atoms. The summed E-state index contributed by atoms with van der Waals surface area (Å²) in [5, 5.41) is 0. The molecule has 94 valence electrons. The first-order valence-corrected chi connectivity index (χ1v) is 5.25. The van der Waals surface area contributed by atoms with Crippen LogP contribution < -0.4 is 0 Å². The molecule has 0 saturated heterocycles. The van der Waals surface area contributed by atoms with Crippen LogP contribution in [0.3, 0.4) is 0 Å². The van der Waals surface area contributed by atoms with E-state index >= 15 is 0 Å². The van der Waals surface area contributed by atoms with Crippen molar-refractivity contribution in [3.63, 3.8) is 0 Å². The Balaban J connectivity index is 2.50. The zero-order chi connectivity index (χ0) is 13.3. The molecule has 0 aliphatic heterocycles. The molecule has 0 amide bonds. The van der Waals surface area contributed by atoms with E-state index in [0.717, 1.165) is 6.07 Å². The van der Waals surface area contributed by atoms with Gasteiger partial charge in [-0.05, 0) is 19.1 Å². The van der Waals surface area contributed by atoms with Crippen LogP contribution in [0, 0.1) is 17.5 Å². The molecule has 0 saturated carbocycles. The first-order valence-electron chi connectivity index (χ1n) is 5.25. The molecule has 2 aromatic rings. The molecule has 6 heteroatoms. The maximum Gasteiger partial charge on any atom is 0.231 e. The lowest BCUT2D eigenvalue weighted by Gasteiger charge is -2.05. The van der Waals surface area contributed by atoms with E-state index in [2.05, 4.69) is 4.98 Å². The Morgan fingerprint density at radius 2 is 2.00 bits per heavy atom. The van der Waals surface area contributed by atoms with Gasteiger partial charge in [-0.15, -0.1) is 0 Å². The van der Waals surface area contributed by atoms with Crippen molar-refractivity contribution < 1.29 is 18.0 Å². The minimum atomic E-state index is -1.66. The number of carbonyl (C=O) groups excluding carboxylic acids is 1. The van der Waals surface area contributed by atoms with E-state index in [1.165, 1.54) is 10.8 Å². The molecule has 0 fully saturated rings. The Morgan fingerprint density at radius 3 is 2.67 bits per heavy atom. The van der Waals surface area contributed by atoms with Crippen LogP contribution in [-0.4, -0.2) is 15.3 Å². The van der Waals surface area contributed by atoms with Gasteiger partial charge in [0.1, 0.15) is 0 Å². The number of halogens is 3. The van der Waals surface area contributed by atoms with E-state index in [-0.39, 0.29) is 5.82 Å². The van der Waals surface area contributed by atoms with E-state index in [9.17, 15) is 18.0 Å². The van der Waals surface area contributed by atoms with Crippen LogP contribution in [0.1, 0.15) is 23.1 Å². The smallest absolute Gasteiger partial charge is 0.231 e. The second-order valence-corrected chi connectivity index (χ2v) is 3.59. The molecule has 0 spiro atoms. The van der Waals surface area contributed by atoms with Gasteiger partial charge in [0.2, 0.25) is 5.78 Å². The predicted octanol–water partition coefficient (Wildman–Crippen LogP) is 2.55. The highest BCUT2D eigenvalue weighted by atomic mass is 19.2. The van der Waals surface area contributed by atoms with Gasteiger partial charge in [0.25, 0.3) is 0 Å². The van der Waals surface area contributed by atoms with E-state index in [1.54, 1.807) is 13.1 Å². The van der Waals surface area contributed by atoms with Gasteiger partial charge in [0.15, 0.2) is 23.3 Å². The summed E-state index contributed by atoms with van der Waals surface area (Å²) in [6.45, 7) is 2.24. The zero-order valence-corrected chi connectivity index (χ0v) is 9.45. The number of carbonyl (C=O) groups is 1. The molecule has 0 N–H and O–H groups in total. The SMILES string of the molecule is CCn1ccnc1C(=O)c1ccc(F)c(F)c1F. The Kier molecular flexibility index (Phi) is 3.18. The summed E-state index contributed by atoms with van der Waals surface area (Å²) in [6.07, 6.45) is 2.93. The molecule has 1 aromatic heterocycles. The Bertz CT molecular complexity index is 607. The molecule has 0 radical (unpaired) electrons. The monoisotopic (exact) mass is 254 g/mol. The van der Waals surface area contributed by atoms with Crippen molar-refractivity contribution >= 4 is 5.78 Å². The summed E-state index contributed by atoms with van der Waals surface area (Å²) in [6, 6.07) is 1.62. The van der Waals surface area contributed by atoms with Crippen molar-refractivity contribution in [3.05, 3.63) is 53.4 Å². The van der Waals surface area contributed by atoms with Gasteiger partial charge in [-0.25, -0.2) is 18.2 Å². The highest BCUT2D eigenvalue weighted by molar-refractivity contribution is 6.06. The number of nitrogens with zero attached hydrogens (tertiary/aromatic N) is 2. The number of ketones is 1. The van der Waals surface area contributed by atoms with Crippen LogP contribution in [0.5, 0.6) is 0 Å². The number of aromatic nitrogens is 2. The van der Waals surface area contributed by atoms with Crippen molar-refractivity contribution in [2.24, 2.45) is 0 Å². The first-order chi connectivity index (χ1) is 8.56. The molecule has 2 rings (SSSR count). The van der Waals surface area contributed by atoms with Crippen molar-refractivity contribution in [3.8, 4) is 0 Å². The number of hydrogen-bond donors (Lipinski definition) is 0. The molecular weight excluding hydrogens is 245 g/mol. The molecule has 0 atom stereocenters. The highest BCUT2D eigenvalue weighted by Crippen LogP contribution is 2.18. The molecular formula is C12H9F3N2O. The first kappa shape index (κ1) is 12.3. The Morgan fingerprint density at radius 1 is 1.28 bits per heavy atom. The minimum absolute atomic E-state index is 0.0117. The fraction of sp³-hybridized carbons (Fsp3) is 0.167. The van der Waals surface area contributed by atoms with Crippen molar-refractivity contribution in [2.75, 3.05) is 0 Å². The third kappa shape index (κ3) is 1.90. The number of hydrogen-bond acceptors (Lipinski definition) is 2. The molecule has 3 nitrogen and oxygen atoms in total. The summed E-state index contributed by atoms with van der Waals surface area (Å²) >= 11 is 0. The minimum Gasteiger partial charge on any atom is -0.328 e. The maximum absolute atomic E-state index is 13.5. The fourth-order valence-electron chi connectivity index (χ4n) is 1.60. The van der Waals surface area contributed by atoms with Crippen molar-refractivity contribution in [1.29, 1.82) is 0 Å². The van der Waals surface area contributed by atoms with Crippen LogP contribution in [-0.2, 0) is 6.54 Å². The van der Waals surface area contributed by atoms with Gasteiger partial charge in [0.05, 0.1) is 5.56 Å². The van der Waals surface area contributed by atoms with Crippen LogP contribution in [0.25, 0.3) is 0 Å². The number of imidazole rings is 1. The maximum atomic E-state index is 13.5. The summed E-state index contributed by atoms with van der Waals surface area (Å²) in [4.78, 5) is 15.7. The zero-order valence-electron chi connectivity index (χ0n) is 9.45. The van der Waals surface area contributed by atoms with Gasteiger partial charge in [-0.2, -0.15) is 0 Å². The summed E-state index contributed by atoms with van der Waals surface area (Å²) < 4.78 is 40.8. The van der Waals surface area contributed by atoms with Gasteiger partial charge in [-0.1, -0.05) is 0 Å². The second-order valence-electron chi connectivity index (χ2n) is 3.59. The molecule has 0 unspecified atom stereocenters. The molecule has 1 heterocycles. The lowest BCUT2D eigenvalue weighted by atomic mass is 10.1. The van der Waals surface area contributed by atoms with Crippen LogP contribution in [0.4, 0.5) is 13.2 Å². The number of aryl methyl sites for hydroxylation is 1. The van der Waals surface area contributed by atoms with Crippen molar-refractivity contribution in [2.45, 2.75) is 13.5 Å². The average molecular weight is 254 g/mol. The summed E-state index contributed by atoms with van der Waals surface area (Å²) in [5.41, 5.74) is -0.533. The lowest BCUT2D eigenvalue weighted by molar-refractivity contribution is 0.102. The van der Waals surface area contributed by atoms with Gasteiger partial charge in [0, 0.05) is 18.9 Å². The largest absolute Gasteiger partial charge is 0.328 e. The van der Waals surface area contributed by atoms with Gasteiger partial charge in [-0.3, -0.25) is 4.79 Å². The Labute approximate surface area is 101 Å². The second kappa shape index (κ2) is 4.64. The van der Waals surface area contributed by atoms with Crippen LogP contribution in [0.2, 0.25) is 0 Å². The van der Waals surface area contributed by atoms with E-state index in [4.69, 9.17) is 0 Å². The normalized spacial score (nSPS) is 10.7. The molecule has 0 aliphatic rings. The Hall–Kier alpha value is -2.11. The predicted molar refractivity (Wildman–Crippen MR) is 57.6 cm³/mol. The molecule has 0 bridgehead atoms. The number of benzene rings is 1. The van der Waals surface area contributed by atoms with E-state index in [0.29, 0.717) is 12.6 Å². The third-order valence-electron chi connectivity index (χ3n) is 2.54. The standard InChI is InChI=1S/C12H9F3N2O/c1-2-17-6-5-16-12(17)11(18)7-3-4-8(13)10(15)9(7)14/h3-6H,2H2,1H3. The highest BCUT2D eigenvalue weighted by Gasteiger charge is 2.22. The van der Waals surface area contributed by atoms with Crippen molar-refractivity contribution in [1.82, 2.24) is 9.55 Å². The van der Waals surface area contributed by atoms with Crippen LogP contribution in [0.15, 0.2) is 24.5 Å². The molecule has 0 aliphatic carbocycles. The van der Waals surface area contributed by atoms with Gasteiger partial charge < -0.3 is 4.57 Å². The number of rotatable bonds is 3. The lowest BCUT2D eigenvalue weighted by Crippen LogP contribution is -2.13. The van der Waals surface area contributed by atoms with E-state index < -0.39 is 28.8 Å². The summed E-state index contributed by atoms with van der Waals surface area (Å²) in [5.74, 6) is -5.27. The van der Waals surface area contributed by atoms with Crippen LogP contribution >= 0.6 is 0 Å². The third-order valence-corrected chi connectivity index (χ3v) is 2.54. The molecule has 1 aromatic carbocycles. The quantitative estimate of drug-likeness (QED) is 0.623. The van der Waals surface area contributed by atoms with E-state index in [1.807, 2.05) is 0 Å².